The Kier molecular flexibility index (Phi) is 5.92. The van der Waals surface area contributed by atoms with Gasteiger partial charge in [-0.05, 0) is 47.4 Å². The molecule has 0 saturated heterocycles. The van der Waals surface area contributed by atoms with Gasteiger partial charge in [-0.1, -0.05) is 46.8 Å². The van der Waals surface area contributed by atoms with E-state index in [1.165, 1.54) is 34.0 Å². The maximum absolute atomic E-state index is 11.3. The molecule has 118 valence electrons. The molecule has 0 amide bonds. The molecule has 0 aliphatic rings. The van der Waals surface area contributed by atoms with Gasteiger partial charge in [0.05, 0.1) is 0 Å². The van der Waals surface area contributed by atoms with E-state index in [4.69, 9.17) is 0 Å². The summed E-state index contributed by atoms with van der Waals surface area (Å²) in [6, 6.07) is 4.49. The van der Waals surface area contributed by atoms with E-state index < -0.39 is 5.97 Å². The third-order valence-electron chi connectivity index (χ3n) is 3.82. The van der Waals surface area contributed by atoms with E-state index in [-0.39, 0.29) is 16.6 Å². The van der Waals surface area contributed by atoms with Gasteiger partial charge in [0.25, 0.3) is 0 Å². The van der Waals surface area contributed by atoms with Crippen molar-refractivity contribution in [1.29, 1.82) is 0 Å². The van der Waals surface area contributed by atoms with Crippen LogP contribution in [-0.4, -0.2) is 16.3 Å². The number of carbonyl (C=O) groups is 1. The zero-order valence-corrected chi connectivity index (χ0v) is 15.1. The molecule has 2 nitrogen and oxygen atoms in total. The highest BCUT2D eigenvalue weighted by atomic mass is 32.2. The van der Waals surface area contributed by atoms with Crippen LogP contribution in [0.4, 0.5) is 0 Å². The van der Waals surface area contributed by atoms with Gasteiger partial charge in [-0.3, -0.25) is 4.79 Å². The fourth-order valence-corrected chi connectivity index (χ4v) is 3.71. The second-order valence-electron chi connectivity index (χ2n) is 7.15. The van der Waals surface area contributed by atoms with E-state index in [0.29, 0.717) is 0 Å². The standard InChI is InChI=1S/C18H28O2S/c1-11(2)16(17(19)20)21-10-15-12(3)8-14(9-13(15)4)18(5,6)7/h8-9,11,16H,10H2,1-7H3,(H,19,20). The number of benzene rings is 1. The van der Waals surface area contributed by atoms with Crippen molar-refractivity contribution in [2.75, 3.05) is 0 Å². The quantitative estimate of drug-likeness (QED) is 0.837. The highest BCUT2D eigenvalue weighted by Crippen LogP contribution is 2.31. The average Bonchev–Trinajstić information content (AvgIpc) is 2.30. The lowest BCUT2D eigenvalue weighted by molar-refractivity contribution is -0.137. The van der Waals surface area contributed by atoms with Crippen molar-refractivity contribution in [3.8, 4) is 0 Å². The molecule has 0 aliphatic carbocycles. The summed E-state index contributed by atoms with van der Waals surface area (Å²) in [5, 5.41) is 8.95. The molecule has 0 spiro atoms. The lowest BCUT2D eigenvalue weighted by Gasteiger charge is -2.23. The van der Waals surface area contributed by atoms with Gasteiger partial charge in [0.2, 0.25) is 0 Å². The molecule has 1 N–H and O–H groups in total. The van der Waals surface area contributed by atoms with Gasteiger partial charge in [-0.15, -0.1) is 11.8 Å². The third-order valence-corrected chi connectivity index (χ3v) is 5.38. The average molecular weight is 308 g/mol. The van der Waals surface area contributed by atoms with Crippen LogP contribution in [0.2, 0.25) is 0 Å². The minimum Gasteiger partial charge on any atom is -0.480 e. The molecule has 1 rings (SSSR count). The number of carboxylic acids is 1. The summed E-state index contributed by atoms with van der Waals surface area (Å²) < 4.78 is 0. The first-order valence-corrected chi connectivity index (χ1v) is 8.54. The molecule has 0 aliphatic heterocycles. The minimum atomic E-state index is -0.711. The number of thioether (sulfide) groups is 1. The summed E-state index contributed by atoms with van der Waals surface area (Å²) in [5.74, 6) is 0.190. The predicted octanol–water partition coefficient (Wildman–Crippen LogP) is 4.94. The van der Waals surface area contributed by atoms with Gasteiger partial charge in [0.1, 0.15) is 5.25 Å². The minimum absolute atomic E-state index is 0.141. The Morgan fingerprint density at radius 1 is 1.19 bits per heavy atom. The molecule has 1 aromatic carbocycles. The molecule has 3 heteroatoms. The van der Waals surface area contributed by atoms with E-state index in [1.807, 2.05) is 13.8 Å². The number of hydrogen-bond acceptors (Lipinski definition) is 2. The highest BCUT2D eigenvalue weighted by molar-refractivity contribution is 7.99. The topological polar surface area (TPSA) is 37.3 Å². The Morgan fingerprint density at radius 3 is 2.00 bits per heavy atom. The molecule has 0 bridgehead atoms. The zero-order valence-electron chi connectivity index (χ0n) is 14.3. The van der Waals surface area contributed by atoms with Crippen molar-refractivity contribution in [2.24, 2.45) is 5.92 Å². The SMILES string of the molecule is Cc1cc(C(C)(C)C)cc(C)c1CSC(C(=O)O)C(C)C. The Morgan fingerprint density at radius 2 is 1.67 bits per heavy atom. The molecule has 1 unspecified atom stereocenters. The summed E-state index contributed by atoms with van der Waals surface area (Å²) in [5.41, 5.74) is 5.29. The summed E-state index contributed by atoms with van der Waals surface area (Å²) in [4.78, 5) is 11.3. The Hall–Kier alpha value is -0.960. The lowest BCUT2D eigenvalue weighted by Crippen LogP contribution is -2.22. The molecule has 0 radical (unpaired) electrons. The van der Waals surface area contributed by atoms with Gasteiger partial charge in [0.15, 0.2) is 0 Å². The predicted molar refractivity (Wildman–Crippen MR) is 92.2 cm³/mol. The van der Waals surface area contributed by atoms with Gasteiger partial charge >= 0.3 is 5.97 Å². The number of rotatable bonds is 5. The van der Waals surface area contributed by atoms with E-state index >= 15 is 0 Å². The van der Waals surface area contributed by atoms with Gasteiger partial charge < -0.3 is 5.11 Å². The van der Waals surface area contributed by atoms with Crippen LogP contribution in [0.15, 0.2) is 12.1 Å². The van der Waals surface area contributed by atoms with Gasteiger partial charge in [-0.25, -0.2) is 0 Å². The number of hydrogen-bond donors (Lipinski definition) is 1. The molecule has 0 fully saturated rings. The Bertz CT molecular complexity index is 489. The summed E-state index contributed by atoms with van der Waals surface area (Å²) in [6.07, 6.45) is 0. The molecule has 1 aromatic rings. The Balaban J connectivity index is 2.98. The van der Waals surface area contributed by atoms with Crippen LogP contribution >= 0.6 is 11.8 Å². The second kappa shape index (κ2) is 6.87. The number of aliphatic carboxylic acids is 1. The van der Waals surface area contributed by atoms with Crippen LogP contribution in [0.25, 0.3) is 0 Å². The fourth-order valence-electron chi connectivity index (χ4n) is 2.38. The highest BCUT2D eigenvalue weighted by Gasteiger charge is 2.23. The lowest BCUT2D eigenvalue weighted by atomic mass is 9.84. The van der Waals surface area contributed by atoms with Crippen LogP contribution < -0.4 is 0 Å². The smallest absolute Gasteiger partial charge is 0.316 e. The van der Waals surface area contributed by atoms with Crippen molar-refractivity contribution in [3.05, 3.63) is 34.4 Å². The summed E-state index contributed by atoms with van der Waals surface area (Å²) >= 11 is 1.53. The normalized spacial score (nSPS) is 13.5. The van der Waals surface area contributed by atoms with Crippen LogP contribution in [0.5, 0.6) is 0 Å². The van der Waals surface area contributed by atoms with Crippen LogP contribution in [-0.2, 0) is 16.0 Å². The van der Waals surface area contributed by atoms with Gasteiger partial charge in [-0.2, -0.15) is 0 Å². The van der Waals surface area contributed by atoms with Crippen molar-refractivity contribution >= 4 is 17.7 Å². The van der Waals surface area contributed by atoms with Gasteiger partial charge in [0, 0.05) is 5.75 Å². The van der Waals surface area contributed by atoms with Crippen LogP contribution in [0.3, 0.4) is 0 Å². The number of aryl methyl sites for hydroxylation is 2. The molecular weight excluding hydrogens is 280 g/mol. The molecular formula is C18H28O2S. The molecule has 0 aromatic heterocycles. The number of carboxylic acid groups (broad SMARTS) is 1. The van der Waals surface area contributed by atoms with Crippen molar-refractivity contribution in [3.63, 3.8) is 0 Å². The fraction of sp³-hybridized carbons (Fsp3) is 0.611. The summed E-state index contributed by atoms with van der Waals surface area (Å²) in [7, 11) is 0. The summed E-state index contributed by atoms with van der Waals surface area (Å²) in [6.45, 7) is 14.8. The van der Waals surface area contributed by atoms with E-state index in [0.717, 1.165) is 5.75 Å². The molecule has 21 heavy (non-hydrogen) atoms. The third kappa shape index (κ3) is 4.77. The van der Waals surface area contributed by atoms with Crippen LogP contribution in [0.1, 0.15) is 56.9 Å². The molecule has 1 atom stereocenters. The van der Waals surface area contributed by atoms with E-state index in [9.17, 15) is 9.90 Å². The van der Waals surface area contributed by atoms with E-state index in [1.54, 1.807) is 0 Å². The second-order valence-corrected chi connectivity index (χ2v) is 8.28. The first-order valence-electron chi connectivity index (χ1n) is 7.49. The van der Waals surface area contributed by atoms with Crippen LogP contribution in [0, 0.1) is 19.8 Å². The van der Waals surface area contributed by atoms with E-state index in [2.05, 4.69) is 46.8 Å². The monoisotopic (exact) mass is 308 g/mol. The first-order chi connectivity index (χ1) is 9.54. The first kappa shape index (κ1) is 18.1. The van der Waals surface area contributed by atoms with Crippen molar-refractivity contribution in [2.45, 2.75) is 64.9 Å². The van der Waals surface area contributed by atoms with Crippen molar-refractivity contribution in [1.82, 2.24) is 0 Å². The maximum Gasteiger partial charge on any atom is 0.316 e. The van der Waals surface area contributed by atoms with Crippen molar-refractivity contribution < 1.29 is 9.90 Å². The molecule has 0 saturated carbocycles. The Labute approximate surface area is 133 Å². The molecule has 0 heterocycles. The largest absolute Gasteiger partial charge is 0.480 e. The maximum atomic E-state index is 11.3. The zero-order chi connectivity index (χ0) is 16.4.